The van der Waals surface area contributed by atoms with Crippen LogP contribution < -0.4 is 5.76 Å². The highest BCUT2D eigenvalue weighted by Crippen LogP contribution is 2.32. The minimum atomic E-state index is -0.349. The molecule has 0 radical (unpaired) electrons. The van der Waals surface area contributed by atoms with Gasteiger partial charge in [-0.25, -0.2) is 9.18 Å². The van der Waals surface area contributed by atoms with Crippen LogP contribution in [0.5, 0.6) is 0 Å². The number of halogens is 2. The topological polar surface area (TPSA) is 35.1 Å². The maximum Gasteiger partial charge on any atom is 0.419 e. The lowest BCUT2D eigenvalue weighted by Gasteiger charge is -2.10. The van der Waals surface area contributed by atoms with Crippen molar-refractivity contribution < 1.29 is 8.81 Å². The van der Waals surface area contributed by atoms with E-state index >= 15 is 0 Å². The van der Waals surface area contributed by atoms with Crippen molar-refractivity contribution >= 4 is 27.0 Å². The zero-order valence-electron chi connectivity index (χ0n) is 11.3. The fraction of sp³-hybridized carbons (Fsp3) is 0.188. The number of hydrogen-bond acceptors (Lipinski definition) is 2. The van der Waals surface area contributed by atoms with Gasteiger partial charge < -0.3 is 4.42 Å². The van der Waals surface area contributed by atoms with Crippen molar-refractivity contribution in [2.45, 2.75) is 18.3 Å². The lowest BCUT2D eigenvalue weighted by atomic mass is 10.0. The quantitative estimate of drug-likeness (QED) is 0.663. The summed E-state index contributed by atoms with van der Waals surface area (Å²) in [5.41, 5.74) is 3.23. The number of rotatable bonds is 3. The molecule has 108 valence electrons. The number of benzene rings is 2. The molecule has 2 aromatic carbocycles. The van der Waals surface area contributed by atoms with Gasteiger partial charge in [0, 0.05) is 6.54 Å². The summed E-state index contributed by atoms with van der Waals surface area (Å²) in [4.78, 5) is 11.6. The first-order valence-corrected chi connectivity index (χ1v) is 7.54. The summed E-state index contributed by atoms with van der Waals surface area (Å²) < 4.78 is 19.8. The van der Waals surface area contributed by atoms with E-state index in [0.717, 1.165) is 16.6 Å². The minimum absolute atomic E-state index is 0.0854. The predicted octanol–water partition coefficient (Wildman–Crippen LogP) is 4.24. The fourth-order valence-corrected chi connectivity index (χ4v) is 2.95. The zero-order valence-corrected chi connectivity index (χ0v) is 12.9. The molecule has 0 saturated heterocycles. The standard InChI is InChI=1S/C16H13BrFNO2/c1-2-19-13-8-5-11(9-14(13)21-16(19)20)15(17)10-3-6-12(18)7-4-10/h3-9,15H,2H2,1H3. The van der Waals surface area contributed by atoms with E-state index in [-0.39, 0.29) is 16.4 Å². The number of alkyl halides is 1. The molecule has 0 aliphatic heterocycles. The fourth-order valence-electron chi connectivity index (χ4n) is 2.36. The van der Waals surface area contributed by atoms with E-state index in [1.807, 2.05) is 25.1 Å². The van der Waals surface area contributed by atoms with E-state index in [2.05, 4.69) is 15.9 Å². The van der Waals surface area contributed by atoms with Crippen LogP contribution in [0.15, 0.2) is 51.7 Å². The molecule has 1 heterocycles. The maximum absolute atomic E-state index is 13.0. The number of oxazole rings is 1. The molecule has 0 amide bonds. The van der Waals surface area contributed by atoms with Gasteiger partial charge in [0.05, 0.1) is 10.3 Å². The molecule has 1 atom stereocenters. The largest absolute Gasteiger partial charge is 0.419 e. The first-order chi connectivity index (χ1) is 10.1. The molecule has 0 N–H and O–H groups in total. The van der Waals surface area contributed by atoms with Gasteiger partial charge in [0.25, 0.3) is 0 Å². The number of aromatic nitrogens is 1. The summed E-state index contributed by atoms with van der Waals surface area (Å²) in [5.74, 6) is -0.613. The molecule has 0 spiro atoms. The molecule has 3 nitrogen and oxygen atoms in total. The number of fused-ring (bicyclic) bond motifs is 1. The average Bonchev–Trinajstić information content (AvgIpc) is 2.81. The Morgan fingerprint density at radius 2 is 1.86 bits per heavy atom. The van der Waals surface area contributed by atoms with Gasteiger partial charge >= 0.3 is 5.76 Å². The first-order valence-electron chi connectivity index (χ1n) is 6.63. The molecule has 3 rings (SSSR count). The average molecular weight is 350 g/mol. The highest BCUT2D eigenvalue weighted by atomic mass is 79.9. The third kappa shape index (κ3) is 2.53. The molecule has 0 aliphatic carbocycles. The zero-order chi connectivity index (χ0) is 15.0. The van der Waals surface area contributed by atoms with Crippen LogP contribution >= 0.6 is 15.9 Å². The van der Waals surface area contributed by atoms with Crippen molar-refractivity contribution in [1.82, 2.24) is 4.57 Å². The molecular formula is C16H13BrFNO2. The molecule has 0 fully saturated rings. The molecule has 1 aromatic heterocycles. The van der Waals surface area contributed by atoms with Crippen molar-refractivity contribution in [2.24, 2.45) is 0 Å². The van der Waals surface area contributed by atoms with Gasteiger partial charge in [0.15, 0.2) is 5.58 Å². The third-order valence-corrected chi connectivity index (χ3v) is 4.52. The summed E-state index contributed by atoms with van der Waals surface area (Å²) in [5, 5.41) is 0. The van der Waals surface area contributed by atoms with E-state index in [1.165, 1.54) is 12.1 Å². The Morgan fingerprint density at radius 3 is 2.52 bits per heavy atom. The SMILES string of the molecule is CCn1c(=O)oc2cc(C(Br)c3ccc(F)cc3)ccc21. The van der Waals surface area contributed by atoms with Crippen LogP contribution in [0, 0.1) is 5.82 Å². The summed E-state index contributed by atoms with van der Waals surface area (Å²) in [6, 6.07) is 12.0. The molecule has 3 aromatic rings. The highest BCUT2D eigenvalue weighted by molar-refractivity contribution is 9.09. The number of nitrogens with zero attached hydrogens (tertiary/aromatic N) is 1. The monoisotopic (exact) mass is 349 g/mol. The predicted molar refractivity (Wildman–Crippen MR) is 83.3 cm³/mol. The Bertz CT molecular complexity index is 836. The van der Waals surface area contributed by atoms with Crippen molar-refractivity contribution in [3.63, 3.8) is 0 Å². The van der Waals surface area contributed by atoms with Crippen LogP contribution in [0.25, 0.3) is 11.1 Å². The third-order valence-electron chi connectivity index (χ3n) is 3.46. The van der Waals surface area contributed by atoms with Gasteiger partial charge in [-0.05, 0) is 42.3 Å². The van der Waals surface area contributed by atoms with Crippen molar-refractivity contribution in [1.29, 1.82) is 0 Å². The second kappa shape index (κ2) is 5.48. The van der Waals surface area contributed by atoms with Gasteiger partial charge in [0.1, 0.15) is 5.82 Å². The van der Waals surface area contributed by atoms with E-state index < -0.39 is 0 Å². The molecule has 0 bridgehead atoms. The van der Waals surface area contributed by atoms with Gasteiger partial charge in [-0.3, -0.25) is 4.57 Å². The summed E-state index contributed by atoms with van der Waals surface area (Å²) in [6.07, 6.45) is 0. The Hall–Kier alpha value is -1.88. The normalized spacial score (nSPS) is 12.7. The van der Waals surface area contributed by atoms with E-state index in [4.69, 9.17) is 4.42 Å². The molecular weight excluding hydrogens is 337 g/mol. The number of aryl methyl sites for hydroxylation is 1. The van der Waals surface area contributed by atoms with Crippen molar-refractivity contribution in [3.8, 4) is 0 Å². The lowest BCUT2D eigenvalue weighted by Crippen LogP contribution is -2.11. The Morgan fingerprint density at radius 1 is 1.19 bits per heavy atom. The number of hydrogen-bond donors (Lipinski definition) is 0. The summed E-state index contributed by atoms with van der Waals surface area (Å²) in [6.45, 7) is 2.47. The van der Waals surface area contributed by atoms with Crippen LogP contribution in [-0.4, -0.2) is 4.57 Å². The molecule has 0 aliphatic rings. The molecule has 21 heavy (non-hydrogen) atoms. The second-order valence-electron chi connectivity index (χ2n) is 4.75. The summed E-state index contributed by atoms with van der Waals surface area (Å²) in [7, 11) is 0. The van der Waals surface area contributed by atoms with Gasteiger partial charge in [-0.1, -0.05) is 34.1 Å². The van der Waals surface area contributed by atoms with E-state index in [0.29, 0.717) is 12.1 Å². The highest BCUT2D eigenvalue weighted by Gasteiger charge is 2.14. The maximum atomic E-state index is 13.0. The smallest absolute Gasteiger partial charge is 0.408 e. The van der Waals surface area contributed by atoms with E-state index in [9.17, 15) is 9.18 Å². The van der Waals surface area contributed by atoms with Crippen molar-refractivity contribution in [2.75, 3.05) is 0 Å². The van der Waals surface area contributed by atoms with Crippen molar-refractivity contribution in [3.05, 3.63) is 70.0 Å². The molecule has 1 unspecified atom stereocenters. The van der Waals surface area contributed by atoms with Crippen LogP contribution in [0.2, 0.25) is 0 Å². The van der Waals surface area contributed by atoms with Gasteiger partial charge in [0.2, 0.25) is 0 Å². The Kier molecular flexibility index (Phi) is 3.68. The van der Waals surface area contributed by atoms with E-state index in [1.54, 1.807) is 16.7 Å². The Labute approximate surface area is 129 Å². The lowest BCUT2D eigenvalue weighted by molar-refractivity contribution is 0.513. The van der Waals surface area contributed by atoms with Crippen LogP contribution in [0.3, 0.4) is 0 Å². The second-order valence-corrected chi connectivity index (χ2v) is 5.67. The molecule has 5 heteroatoms. The van der Waals surface area contributed by atoms with Gasteiger partial charge in [-0.15, -0.1) is 0 Å². The molecule has 0 saturated carbocycles. The van der Waals surface area contributed by atoms with Crippen LogP contribution in [0.4, 0.5) is 4.39 Å². The van der Waals surface area contributed by atoms with Crippen LogP contribution in [-0.2, 0) is 6.54 Å². The first kappa shape index (κ1) is 14.1. The van der Waals surface area contributed by atoms with Crippen LogP contribution in [0.1, 0.15) is 22.9 Å². The Balaban J connectivity index is 2.04. The summed E-state index contributed by atoms with van der Waals surface area (Å²) >= 11 is 3.60. The minimum Gasteiger partial charge on any atom is -0.408 e. The van der Waals surface area contributed by atoms with Gasteiger partial charge in [-0.2, -0.15) is 0 Å².